The Bertz CT molecular complexity index is 983. The van der Waals surface area contributed by atoms with E-state index in [0.717, 1.165) is 28.6 Å². The number of anilines is 1. The number of halogens is 2. The number of non-ortho nitro benzene ring substituents is 1. The molecule has 0 fully saturated rings. The Kier molecular flexibility index (Phi) is 6.34. The number of nitro benzene ring substituents is 1. The van der Waals surface area contributed by atoms with Gasteiger partial charge >= 0.3 is 5.97 Å². The molecular formula is C16H14ClFN2O6S. The van der Waals surface area contributed by atoms with Crippen LogP contribution in [-0.2, 0) is 14.8 Å². The number of carboxylic acid groups (broad SMARTS) is 1. The first-order valence-corrected chi connectivity index (χ1v) is 9.39. The Labute approximate surface area is 159 Å². The topological polar surface area (TPSA) is 118 Å². The van der Waals surface area contributed by atoms with Crippen LogP contribution >= 0.6 is 11.6 Å². The molecule has 8 nitrogen and oxygen atoms in total. The zero-order chi connectivity index (χ0) is 20.2. The van der Waals surface area contributed by atoms with Crippen molar-refractivity contribution in [3.05, 3.63) is 63.4 Å². The van der Waals surface area contributed by atoms with Gasteiger partial charge in [-0.2, -0.15) is 0 Å². The second-order valence-corrected chi connectivity index (χ2v) is 7.70. The molecule has 144 valence electrons. The second-order valence-electron chi connectivity index (χ2n) is 5.43. The first kappa shape index (κ1) is 20.6. The van der Waals surface area contributed by atoms with Crippen molar-refractivity contribution in [3.63, 3.8) is 0 Å². The van der Waals surface area contributed by atoms with E-state index in [9.17, 15) is 27.7 Å². The molecule has 2 aromatic rings. The number of hydrogen-bond acceptors (Lipinski definition) is 5. The highest BCUT2D eigenvalue weighted by atomic mass is 35.5. The number of carbonyl (C=O) groups is 1. The summed E-state index contributed by atoms with van der Waals surface area (Å²) in [5, 5.41) is 19.4. The Hall–Kier alpha value is -2.72. The molecule has 0 spiro atoms. The van der Waals surface area contributed by atoms with Gasteiger partial charge in [-0.1, -0.05) is 17.7 Å². The number of hydrogen-bond donors (Lipinski definition) is 1. The summed E-state index contributed by atoms with van der Waals surface area (Å²) in [4.78, 5) is 20.6. The predicted molar refractivity (Wildman–Crippen MR) is 95.9 cm³/mol. The first-order valence-electron chi connectivity index (χ1n) is 7.57. The number of nitrogens with zero attached hydrogens (tertiary/aromatic N) is 2. The number of carboxylic acids is 1. The smallest absolute Gasteiger partial charge is 0.303 e. The largest absolute Gasteiger partial charge is 0.481 e. The molecule has 0 saturated carbocycles. The molecule has 0 radical (unpaired) electrons. The normalized spacial score (nSPS) is 11.2. The maximum absolute atomic E-state index is 13.4. The van der Waals surface area contributed by atoms with Crippen molar-refractivity contribution in [2.45, 2.75) is 17.7 Å². The molecule has 0 unspecified atom stereocenters. The molecule has 0 bridgehead atoms. The molecule has 0 aliphatic carbocycles. The molecule has 0 atom stereocenters. The van der Waals surface area contributed by atoms with E-state index in [1.165, 1.54) is 18.2 Å². The molecule has 0 aromatic heterocycles. The lowest BCUT2D eigenvalue weighted by Gasteiger charge is -2.24. The molecule has 0 aliphatic rings. The quantitative estimate of drug-likeness (QED) is 0.520. The van der Waals surface area contributed by atoms with E-state index in [-0.39, 0.29) is 35.0 Å². The Balaban J connectivity index is 2.50. The zero-order valence-corrected chi connectivity index (χ0v) is 15.3. The van der Waals surface area contributed by atoms with Gasteiger partial charge in [-0.3, -0.25) is 19.2 Å². The Morgan fingerprint density at radius 1 is 1.26 bits per heavy atom. The van der Waals surface area contributed by atoms with Gasteiger partial charge in [0.25, 0.3) is 15.7 Å². The van der Waals surface area contributed by atoms with E-state index in [0.29, 0.717) is 0 Å². The van der Waals surface area contributed by atoms with Crippen LogP contribution in [0.1, 0.15) is 12.8 Å². The van der Waals surface area contributed by atoms with Gasteiger partial charge in [-0.05, 0) is 30.7 Å². The van der Waals surface area contributed by atoms with Crippen LogP contribution in [0.25, 0.3) is 0 Å². The molecule has 0 heterocycles. The minimum absolute atomic E-state index is 0.0123. The van der Waals surface area contributed by atoms with Gasteiger partial charge in [0, 0.05) is 25.1 Å². The van der Waals surface area contributed by atoms with Gasteiger partial charge in [0.05, 0.1) is 20.5 Å². The number of aliphatic carboxylic acids is 1. The number of nitro groups is 1. The first-order chi connectivity index (χ1) is 12.6. The van der Waals surface area contributed by atoms with Gasteiger partial charge in [-0.25, -0.2) is 12.8 Å². The van der Waals surface area contributed by atoms with Gasteiger partial charge in [0.15, 0.2) is 0 Å². The molecule has 2 rings (SSSR count). The van der Waals surface area contributed by atoms with Gasteiger partial charge < -0.3 is 5.11 Å². The third kappa shape index (κ3) is 4.92. The summed E-state index contributed by atoms with van der Waals surface area (Å²) in [5.41, 5.74) is -0.406. The van der Waals surface area contributed by atoms with Crippen molar-refractivity contribution in [1.29, 1.82) is 0 Å². The van der Waals surface area contributed by atoms with E-state index >= 15 is 0 Å². The van der Waals surface area contributed by atoms with Crippen molar-refractivity contribution in [3.8, 4) is 0 Å². The lowest BCUT2D eigenvalue weighted by molar-refractivity contribution is -0.385. The molecule has 1 N–H and O–H groups in total. The Morgan fingerprint density at radius 2 is 1.96 bits per heavy atom. The maximum Gasteiger partial charge on any atom is 0.303 e. The van der Waals surface area contributed by atoms with Crippen LogP contribution in [0.15, 0.2) is 47.4 Å². The van der Waals surface area contributed by atoms with E-state index in [4.69, 9.17) is 16.7 Å². The third-order valence-electron chi connectivity index (χ3n) is 3.56. The summed E-state index contributed by atoms with van der Waals surface area (Å²) in [5.74, 6) is -1.86. The van der Waals surface area contributed by atoms with E-state index in [1.54, 1.807) is 0 Å². The van der Waals surface area contributed by atoms with Gasteiger partial charge in [0.2, 0.25) is 0 Å². The minimum atomic E-state index is -4.28. The average molecular weight is 417 g/mol. The zero-order valence-electron chi connectivity index (χ0n) is 13.7. The number of benzene rings is 2. The highest BCUT2D eigenvalue weighted by Crippen LogP contribution is 2.29. The highest BCUT2D eigenvalue weighted by molar-refractivity contribution is 7.92. The summed E-state index contributed by atoms with van der Waals surface area (Å²) in [7, 11) is -4.28. The fourth-order valence-electron chi connectivity index (χ4n) is 2.29. The third-order valence-corrected chi connectivity index (χ3v) is 5.67. The summed E-state index contributed by atoms with van der Waals surface area (Å²) >= 11 is 5.73. The number of sulfonamides is 1. The van der Waals surface area contributed by atoms with Crippen LogP contribution < -0.4 is 4.31 Å². The van der Waals surface area contributed by atoms with Crippen LogP contribution in [0, 0.1) is 15.9 Å². The lowest BCUT2D eigenvalue weighted by atomic mass is 10.2. The molecule has 27 heavy (non-hydrogen) atoms. The van der Waals surface area contributed by atoms with E-state index in [2.05, 4.69) is 0 Å². The van der Waals surface area contributed by atoms with E-state index in [1.807, 2.05) is 0 Å². The fraction of sp³-hybridized carbons (Fsp3) is 0.188. The van der Waals surface area contributed by atoms with Crippen molar-refractivity contribution >= 4 is 39.0 Å². The highest BCUT2D eigenvalue weighted by Gasteiger charge is 2.27. The summed E-state index contributed by atoms with van der Waals surface area (Å²) < 4.78 is 40.3. The van der Waals surface area contributed by atoms with Crippen molar-refractivity contribution in [2.24, 2.45) is 0 Å². The standard InChI is InChI=1S/C16H14ClFN2O6S/c17-14-10-11(6-7-15(14)18)19(8-2-5-16(21)22)27(25,26)13-4-1-3-12(9-13)20(23)24/h1,3-4,6-7,9-10H,2,5,8H2,(H,21,22). The van der Waals surface area contributed by atoms with Gasteiger partial charge in [-0.15, -0.1) is 0 Å². The second kappa shape index (κ2) is 8.31. The molecule has 0 saturated heterocycles. The summed E-state index contributed by atoms with van der Waals surface area (Å²) in [6.07, 6.45) is -0.325. The summed E-state index contributed by atoms with van der Waals surface area (Å²) in [6.45, 7) is -0.237. The van der Waals surface area contributed by atoms with Crippen LogP contribution in [0.5, 0.6) is 0 Å². The Morgan fingerprint density at radius 3 is 2.56 bits per heavy atom. The van der Waals surface area contributed by atoms with Crippen molar-refractivity contribution < 1.29 is 27.6 Å². The summed E-state index contributed by atoms with van der Waals surface area (Å²) in [6, 6.07) is 7.68. The molecule has 0 aliphatic heterocycles. The molecule has 2 aromatic carbocycles. The van der Waals surface area contributed by atoms with E-state index < -0.39 is 32.4 Å². The SMILES string of the molecule is O=C(O)CCCN(c1ccc(F)c(Cl)c1)S(=O)(=O)c1cccc([N+](=O)[O-])c1. The molecular weight excluding hydrogens is 403 g/mol. The van der Waals surface area contributed by atoms with Crippen molar-refractivity contribution in [1.82, 2.24) is 0 Å². The molecule has 11 heteroatoms. The average Bonchev–Trinajstić information content (AvgIpc) is 2.61. The monoisotopic (exact) mass is 416 g/mol. The fourth-order valence-corrected chi connectivity index (χ4v) is 4.00. The van der Waals surface area contributed by atoms with Crippen molar-refractivity contribution in [2.75, 3.05) is 10.8 Å². The number of rotatable bonds is 8. The van der Waals surface area contributed by atoms with Gasteiger partial charge in [0.1, 0.15) is 5.82 Å². The predicted octanol–water partition coefficient (Wildman–Crippen LogP) is 3.45. The minimum Gasteiger partial charge on any atom is -0.481 e. The van der Waals surface area contributed by atoms with Crippen LogP contribution in [0.3, 0.4) is 0 Å². The van der Waals surface area contributed by atoms with Crippen LogP contribution in [0.4, 0.5) is 15.8 Å². The molecule has 0 amide bonds. The van der Waals surface area contributed by atoms with Crippen LogP contribution in [0.2, 0.25) is 5.02 Å². The lowest BCUT2D eigenvalue weighted by Crippen LogP contribution is -2.32. The maximum atomic E-state index is 13.4. The van der Waals surface area contributed by atoms with Crippen LogP contribution in [-0.4, -0.2) is 31.0 Å².